The lowest BCUT2D eigenvalue weighted by atomic mass is 9.89. The molecule has 1 aromatic carbocycles. The van der Waals surface area contributed by atoms with Gasteiger partial charge in [0.1, 0.15) is 5.54 Å². The highest BCUT2D eigenvalue weighted by molar-refractivity contribution is 5.77. The van der Waals surface area contributed by atoms with Crippen LogP contribution in [0, 0.1) is 5.92 Å². The van der Waals surface area contributed by atoms with E-state index in [9.17, 15) is 9.90 Å². The van der Waals surface area contributed by atoms with Crippen LogP contribution in [-0.2, 0) is 4.79 Å². The smallest absolute Gasteiger partial charge is 0.323 e. The first-order valence-corrected chi connectivity index (χ1v) is 6.87. The molecular weight excluding hydrogens is 238 g/mol. The van der Waals surface area contributed by atoms with Crippen LogP contribution < -0.4 is 0 Å². The van der Waals surface area contributed by atoms with E-state index >= 15 is 0 Å². The quantitative estimate of drug-likeness (QED) is 0.853. The molecule has 0 heterocycles. The molecule has 0 saturated heterocycles. The van der Waals surface area contributed by atoms with Crippen LogP contribution in [-0.4, -0.2) is 28.1 Å². The Hall–Kier alpha value is -1.35. The van der Waals surface area contributed by atoms with E-state index in [4.69, 9.17) is 0 Å². The van der Waals surface area contributed by atoms with E-state index in [1.165, 1.54) is 5.56 Å². The number of carbonyl (C=O) groups is 1. The summed E-state index contributed by atoms with van der Waals surface area (Å²) in [6.45, 7) is 10.5. The molecule has 0 saturated carbocycles. The molecule has 3 heteroatoms. The first kappa shape index (κ1) is 15.7. The minimum atomic E-state index is -0.875. The zero-order valence-corrected chi connectivity index (χ0v) is 12.6. The van der Waals surface area contributed by atoms with Crippen LogP contribution in [0.5, 0.6) is 0 Å². The predicted octanol–water partition coefficient (Wildman–Crippen LogP) is 3.57. The van der Waals surface area contributed by atoms with E-state index in [1.807, 2.05) is 25.1 Å². The summed E-state index contributed by atoms with van der Waals surface area (Å²) in [7, 11) is 0. The molecule has 1 aromatic rings. The molecule has 0 radical (unpaired) electrons. The van der Waals surface area contributed by atoms with Crippen LogP contribution in [0.3, 0.4) is 0 Å². The van der Waals surface area contributed by atoms with Crippen LogP contribution in [0.15, 0.2) is 30.3 Å². The van der Waals surface area contributed by atoms with E-state index < -0.39 is 11.5 Å². The van der Waals surface area contributed by atoms with Crippen molar-refractivity contribution < 1.29 is 9.90 Å². The SMILES string of the molecule is CCN(C(c1ccccc1)C(C)C)C(C)(C)C(=O)O. The Balaban J connectivity index is 3.21. The number of benzene rings is 1. The molecule has 0 aliphatic carbocycles. The summed E-state index contributed by atoms with van der Waals surface area (Å²) in [6, 6.07) is 10.3. The number of hydrogen-bond donors (Lipinski definition) is 1. The fourth-order valence-corrected chi connectivity index (χ4v) is 2.64. The summed E-state index contributed by atoms with van der Waals surface area (Å²) < 4.78 is 0. The van der Waals surface area contributed by atoms with Crippen molar-refractivity contribution in [3.05, 3.63) is 35.9 Å². The van der Waals surface area contributed by atoms with Crippen LogP contribution in [0.4, 0.5) is 0 Å². The highest BCUT2D eigenvalue weighted by Crippen LogP contribution is 2.33. The third-order valence-electron chi connectivity index (χ3n) is 3.69. The van der Waals surface area contributed by atoms with Crippen molar-refractivity contribution in [1.29, 1.82) is 0 Å². The van der Waals surface area contributed by atoms with Gasteiger partial charge in [-0.2, -0.15) is 0 Å². The lowest BCUT2D eigenvalue weighted by Crippen LogP contribution is -2.52. The molecule has 1 rings (SSSR count). The van der Waals surface area contributed by atoms with Crippen LogP contribution in [0.1, 0.15) is 46.2 Å². The maximum Gasteiger partial charge on any atom is 0.323 e. The second-order valence-electron chi connectivity index (χ2n) is 5.75. The third-order valence-corrected chi connectivity index (χ3v) is 3.69. The Bertz CT molecular complexity index is 412. The molecule has 1 N–H and O–H groups in total. The highest BCUT2D eigenvalue weighted by Gasteiger charge is 2.39. The molecule has 0 aliphatic rings. The van der Waals surface area contributed by atoms with Crippen molar-refractivity contribution in [2.45, 2.75) is 46.2 Å². The third kappa shape index (κ3) is 3.35. The molecule has 1 atom stereocenters. The average Bonchev–Trinajstić information content (AvgIpc) is 2.35. The largest absolute Gasteiger partial charge is 0.480 e. The number of rotatable bonds is 6. The topological polar surface area (TPSA) is 40.5 Å². The minimum Gasteiger partial charge on any atom is -0.480 e. The van der Waals surface area contributed by atoms with Gasteiger partial charge < -0.3 is 5.11 Å². The van der Waals surface area contributed by atoms with Gasteiger partial charge in [-0.05, 0) is 31.9 Å². The van der Waals surface area contributed by atoms with Crippen LogP contribution in [0.2, 0.25) is 0 Å². The van der Waals surface area contributed by atoms with Gasteiger partial charge >= 0.3 is 5.97 Å². The first-order chi connectivity index (χ1) is 8.82. The molecule has 0 aromatic heterocycles. The molecule has 106 valence electrons. The Morgan fingerprint density at radius 3 is 2.16 bits per heavy atom. The van der Waals surface area contributed by atoms with E-state index in [2.05, 4.69) is 30.9 Å². The molecule has 3 nitrogen and oxygen atoms in total. The van der Waals surface area contributed by atoms with Gasteiger partial charge in [0.15, 0.2) is 0 Å². The summed E-state index contributed by atoms with van der Waals surface area (Å²) in [5.41, 5.74) is 0.299. The summed E-state index contributed by atoms with van der Waals surface area (Å²) in [5.74, 6) is -0.433. The van der Waals surface area contributed by atoms with Crippen molar-refractivity contribution in [3.8, 4) is 0 Å². The van der Waals surface area contributed by atoms with Crippen molar-refractivity contribution in [2.75, 3.05) is 6.54 Å². The lowest BCUT2D eigenvalue weighted by Gasteiger charge is -2.42. The van der Waals surface area contributed by atoms with Gasteiger partial charge in [-0.25, -0.2) is 0 Å². The van der Waals surface area contributed by atoms with Crippen molar-refractivity contribution in [2.24, 2.45) is 5.92 Å². The van der Waals surface area contributed by atoms with Gasteiger partial charge in [0, 0.05) is 6.04 Å². The number of carboxylic acid groups (broad SMARTS) is 1. The molecule has 19 heavy (non-hydrogen) atoms. The maximum absolute atomic E-state index is 11.5. The second-order valence-corrected chi connectivity index (χ2v) is 5.75. The predicted molar refractivity (Wildman–Crippen MR) is 78.1 cm³/mol. The van der Waals surface area contributed by atoms with Crippen molar-refractivity contribution >= 4 is 5.97 Å². The van der Waals surface area contributed by atoms with Gasteiger partial charge in [-0.1, -0.05) is 51.1 Å². The normalized spacial score (nSPS) is 13.8. The van der Waals surface area contributed by atoms with Gasteiger partial charge in [0.25, 0.3) is 0 Å². The lowest BCUT2D eigenvalue weighted by molar-refractivity contribution is -0.151. The maximum atomic E-state index is 11.5. The molecule has 0 amide bonds. The zero-order valence-electron chi connectivity index (χ0n) is 12.6. The number of nitrogens with zero attached hydrogens (tertiary/aromatic N) is 1. The molecule has 0 fully saturated rings. The Kier molecular flexibility index (Phi) is 5.12. The van der Waals surface area contributed by atoms with Gasteiger partial charge in [-0.15, -0.1) is 0 Å². The molecule has 0 spiro atoms. The van der Waals surface area contributed by atoms with E-state index in [-0.39, 0.29) is 6.04 Å². The summed E-state index contributed by atoms with van der Waals surface area (Å²) in [4.78, 5) is 13.6. The molecule has 0 bridgehead atoms. The van der Waals surface area contributed by atoms with E-state index in [1.54, 1.807) is 13.8 Å². The first-order valence-electron chi connectivity index (χ1n) is 6.87. The molecule has 0 aliphatic heterocycles. The van der Waals surface area contributed by atoms with Crippen LogP contribution >= 0.6 is 0 Å². The van der Waals surface area contributed by atoms with Gasteiger partial charge in [0.05, 0.1) is 0 Å². The highest BCUT2D eigenvalue weighted by atomic mass is 16.4. The molecule has 1 unspecified atom stereocenters. The standard InChI is InChI=1S/C16H25NO2/c1-6-17(16(4,5)15(18)19)14(12(2)3)13-10-8-7-9-11-13/h7-12,14H,6H2,1-5H3,(H,18,19). The van der Waals surface area contributed by atoms with E-state index in [0.717, 1.165) is 0 Å². The van der Waals surface area contributed by atoms with Gasteiger partial charge in [0.2, 0.25) is 0 Å². The second kappa shape index (κ2) is 6.20. The van der Waals surface area contributed by atoms with Crippen molar-refractivity contribution in [1.82, 2.24) is 4.90 Å². The number of likely N-dealkylation sites (N-methyl/N-ethyl adjacent to an activating group) is 1. The molecular formula is C16H25NO2. The number of aliphatic carboxylic acids is 1. The fraction of sp³-hybridized carbons (Fsp3) is 0.562. The number of hydrogen-bond acceptors (Lipinski definition) is 2. The minimum absolute atomic E-state index is 0.109. The van der Waals surface area contributed by atoms with Crippen LogP contribution in [0.25, 0.3) is 0 Å². The Labute approximate surface area is 116 Å². The van der Waals surface area contributed by atoms with Gasteiger partial charge in [-0.3, -0.25) is 9.69 Å². The Morgan fingerprint density at radius 1 is 1.26 bits per heavy atom. The average molecular weight is 263 g/mol. The monoisotopic (exact) mass is 263 g/mol. The summed E-state index contributed by atoms with van der Waals surface area (Å²) >= 11 is 0. The summed E-state index contributed by atoms with van der Waals surface area (Å²) in [5, 5.41) is 9.48. The fourth-order valence-electron chi connectivity index (χ4n) is 2.64. The Morgan fingerprint density at radius 2 is 1.79 bits per heavy atom. The number of carboxylic acids is 1. The summed E-state index contributed by atoms with van der Waals surface area (Å²) in [6.07, 6.45) is 0. The van der Waals surface area contributed by atoms with E-state index in [0.29, 0.717) is 12.5 Å². The zero-order chi connectivity index (χ0) is 14.6. The van der Waals surface area contributed by atoms with Crippen molar-refractivity contribution in [3.63, 3.8) is 0 Å².